The van der Waals surface area contributed by atoms with Crippen LogP contribution in [0.2, 0.25) is 0 Å². The molecule has 3 aromatic heterocycles. The maximum absolute atomic E-state index is 12.3. The predicted molar refractivity (Wildman–Crippen MR) is 122 cm³/mol. The van der Waals surface area contributed by atoms with Crippen molar-refractivity contribution in [1.82, 2.24) is 25.3 Å². The molecule has 162 valence electrons. The van der Waals surface area contributed by atoms with Crippen molar-refractivity contribution < 1.29 is 9.53 Å². The van der Waals surface area contributed by atoms with Crippen LogP contribution in [0.15, 0.2) is 61.1 Å². The number of H-pyrrole nitrogens is 1. The van der Waals surface area contributed by atoms with Crippen molar-refractivity contribution >= 4 is 28.6 Å². The molecule has 0 atom stereocenters. The highest BCUT2D eigenvalue weighted by Crippen LogP contribution is 2.28. The minimum atomic E-state index is -0.290. The topological polar surface area (TPSA) is 108 Å². The lowest BCUT2D eigenvalue weighted by Crippen LogP contribution is -2.37. The third kappa shape index (κ3) is 4.37. The molecule has 32 heavy (non-hydrogen) atoms. The number of amides is 2. The first kappa shape index (κ1) is 20.0. The molecular weight excluding hydrogens is 406 g/mol. The molecule has 9 heteroatoms. The van der Waals surface area contributed by atoms with Crippen LogP contribution in [-0.4, -0.2) is 52.3 Å². The number of carbonyl (C=O) groups excluding carboxylic acids is 1. The summed E-state index contributed by atoms with van der Waals surface area (Å²) in [7, 11) is 0. The van der Waals surface area contributed by atoms with Crippen LogP contribution in [0.5, 0.6) is 0 Å². The van der Waals surface area contributed by atoms with Crippen LogP contribution in [0.1, 0.15) is 5.56 Å². The van der Waals surface area contributed by atoms with Gasteiger partial charge in [0.1, 0.15) is 5.52 Å². The van der Waals surface area contributed by atoms with Gasteiger partial charge < -0.3 is 25.3 Å². The van der Waals surface area contributed by atoms with Crippen LogP contribution in [0.25, 0.3) is 22.4 Å². The van der Waals surface area contributed by atoms with Crippen LogP contribution < -0.4 is 15.5 Å². The van der Waals surface area contributed by atoms with Gasteiger partial charge in [0.25, 0.3) is 0 Å². The second-order valence-electron chi connectivity index (χ2n) is 7.46. The third-order valence-corrected chi connectivity index (χ3v) is 5.25. The second-order valence-corrected chi connectivity index (χ2v) is 7.46. The van der Waals surface area contributed by atoms with Gasteiger partial charge in [0, 0.05) is 49.5 Å². The molecule has 2 amide bonds. The Morgan fingerprint density at radius 1 is 1.12 bits per heavy atom. The predicted octanol–water partition coefficient (Wildman–Crippen LogP) is 3.18. The summed E-state index contributed by atoms with van der Waals surface area (Å²) in [6.45, 7) is 3.31. The zero-order valence-electron chi connectivity index (χ0n) is 17.4. The number of hydrogen-bond donors (Lipinski definition) is 3. The van der Waals surface area contributed by atoms with Gasteiger partial charge in [-0.25, -0.2) is 14.8 Å². The Morgan fingerprint density at radius 3 is 2.88 bits per heavy atom. The summed E-state index contributed by atoms with van der Waals surface area (Å²) >= 11 is 0. The number of anilines is 2. The third-order valence-electron chi connectivity index (χ3n) is 5.25. The van der Waals surface area contributed by atoms with Crippen molar-refractivity contribution in [1.29, 1.82) is 0 Å². The van der Waals surface area contributed by atoms with Gasteiger partial charge in [0.2, 0.25) is 0 Å². The Hall–Kier alpha value is -3.98. The number of carbonyl (C=O) groups is 1. The highest BCUT2D eigenvalue weighted by atomic mass is 16.5. The number of aromatic nitrogens is 4. The number of hydrogen-bond acceptors (Lipinski definition) is 6. The summed E-state index contributed by atoms with van der Waals surface area (Å²) in [5.74, 6) is 1.48. The number of ether oxygens (including phenoxy) is 1. The number of pyridine rings is 1. The summed E-state index contributed by atoms with van der Waals surface area (Å²) in [5, 5.41) is 5.71. The Kier molecular flexibility index (Phi) is 5.63. The largest absolute Gasteiger partial charge is 0.378 e. The Labute approximate surface area is 184 Å². The Bertz CT molecular complexity index is 1220. The summed E-state index contributed by atoms with van der Waals surface area (Å²) in [5.41, 5.74) is 4.19. The molecular formula is C23H23N7O2. The summed E-state index contributed by atoms with van der Waals surface area (Å²) in [6.07, 6.45) is 5.30. The van der Waals surface area contributed by atoms with E-state index in [1.807, 2.05) is 48.7 Å². The molecule has 0 spiro atoms. The lowest BCUT2D eigenvalue weighted by molar-refractivity contribution is 0.122. The molecule has 0 radical (unpaired) electrons. The Morgan fingerprint density at radius 2 is 2.03 bits per heavy atom. The van der Waals surface area contributed by atoms with E-state index < -0.39 is 0 Å². The fraction of sp³-hybridized carbons (Fsp3) is 0.217. The van der Waals surface area contributed by atoms with E-state index in [0.717, 1.165) is 41.1 Å². The monoisotopic (exact) mass is 429 g/mol. The van der Waals surface area contributed by atoms with Gasteiger partial charge in [-0.15, -0.1) is 0 Å². The van der Waals surface area contributed by atoms with Crippen molar-refractivity contribution in [2.24, 2.45) is 0 Å². The molecule has 5 rings (SSSR count). The molecule has 3 N–H and O–H groups in total. The van der Waals surface area contributed by atoms with Gasteiger partial charge in [0.05, 0.1) is 18.7 Å². The number of morpholine rings is 1. The molecule has 0 unspecified atom stereocenters. The number of aromatic amines is 1. The van der Waals surface area contributed by atoms with Gasteiger partial charge in [-0.3, -0.25) is 4.98 Å². The van der Waals surface area contributed by atoms with E-state index in [1.54, 1.807) is 12.4 Å². The average Bonchev–Trinajstić information content (AvgIpc) is 3.32. The van der Waals surface area contributed by atoms with Crippen molar-refractivity contribution in [2.45, 2.75) is 6.54 Å². The summed E-state index contributed by atoms with van der Waals surface area (Å²) in [6, 6.07) is 12.9. The van der Waals surface area contributed by atoms with Gasteiger partial charge in [-0.1, -0.05) is 18.2 Å². The average molecular weight is 429 g/mol. The fourth-order valence-electron chi connectivity index (χ4n) is 3.66. The second kappa shape index (κ2) is 9.03. The van der Waals surface area contributed by atoms with Crippen LogP contribution >= 0.6 is 0 Å². The molecule has 9 nitrogen and oxygen atoms in total. The normalized spacial score (nSPS) is 13.8. The molecule has 0 saturated carbocycles. The van der Waals surface area contributed by atoms with Crippen molar-refractivity contribution in [2.75, 3.05) is 36.5 Å². The van der Waals surface area contributed by atoms with Crippen molar-refractivity contribution in [3.63, 3.8) is 0 Å². The minimum absolute atomic E-state index is 0.290. The van der Waals surface area contributed by atoms with E-state index in [9.17, 15) is 4.79 Å². The molecule has 0 bridgehead atoms. The number of fused-ring (bicyclic) bond motifs is 1. The fourth-order valence-corrected chi connectivity index (χ4v) is 3.66. The van der Waals surface area contributed by atoms with Crippen LogP contribution in [0.3, 0.4) is 0 Å². The summed E-state index contributed by atoms with van der Waals surface area (Å²) < 4.78 is 5.49. The standard InChI is InChI=1S/C23H23N7O2/c31-23(26-15-16-3-2-7-24-14-16)27-18-5-1-4-17(13-18)21-28-19-6-8-25-20(19)22(29-21)30-9-11-32-12-10-30/h1-8,13-14,25H,9-12,15H2,(H2,26,27,31). The maximum Gasteiger partial charge on any atom is 0.319 e. The van der Waals surface area contributed by atoms with E-state index in [-0.39, 0.29) is 6.03 Å². The molecule has 1 saturated heterocycles. The van der Waals surface area contributed by atoms with Gasteiger partial charge in [-0.05, 0) is 29.8 Å². The van der Waals surface area contributed by atoms with Crippen molar-refractivity contribution in [3.8, 4) is 11.4 Å². The smallest absolute Gasteiger partial charge is 0.319 e. The van der Waals surface area contributed by atoms with Gasteiger partial charge >= 0.3 is 6.03 Å². The molecule has 1 aliphatic heterocycles. The first-order valence-electron chi connectivity index (χ1n) is 10.5. The zero-order chi connectivity index (χ0) is 21.8. The number of nitrogens with zero attached hydrogens (tertiary/aromatic N) is 4. The molecule has 4 aromatic rings. The van der Waals surface area contributed by atoms with Gasteiger partial charge in [0.15, 0.2) is 11.6 Å². The van der Waals surface area contributed by atoms with E-state index >= 15 is 0 Å². The molecule has 0 aliphatic carbocycles. The highest BCUT2D eigenvalue weighted by Gasteiger charge is 2.19. The molecule has 1 aromatic carbocycles. The molecule has 1 fully saturated rings. The number of nitrogens with one attached hydrogen (secondary N) is 3. The van der Waals surface area contributed by atoms with E-state index in [0.29, 0.717) is 31.3 Å². The minimum Gasteiger partial charge on any atom is -0.378 e. The van der Waals surface area contributed by atoms with E-state index in [4.69, 9.17) is 14.7 Å². The maximum atomic E-state index is 12.3. The zero-order valence-corrected chi connectivity index (χ0v) is 17.4. The first-order valence-corrected chi connectivity index (χ1v) is 10.5. The van der Waals surface area contributed by atoms with Crippen molar-refractivity contribution in [3.05, 3.63) is 66.6 Å². The van der Waals surface area contributed by atoms with Crippen LogP contribution in [-0.2, 0) is 11.3 Å². The van der Waals surface area contributed by atoms with E-state index in [2.05, 4.69) is 25.5 Å². The lowest BCUT2D eigenvalue weighted by Gasteiger charge is -2.28. The number of urea groups is 1. The van der Waals surface area contributed by atoms with E-state index in [1.165, 1.54) is 0 Å². The van der Waals surface area contributed by atoms with Crippen LogP contribution in [0, 0.1) is 0 Å². The molecule has 1 aliphatic rings. The number of rotatable bonds is 5. The lowest BCUT2D eigenvalue weighted by atomic mass is 10.2. The summed E-state index contributed by atoms with van der Waals surface area (Å²) in [4.78, 5) is 31.4. The number of benzene rings is 1. The van der Waals surface area contributed by atoms with Gasteiger partial charge in [-0.2, -0.15) is 0 Å². The quantitative estimate of drug-likeness (QED) is 0.450. The molecule has 4 heterocycles. The highest BCUT2D eigenvalue weighted by molar-refractivity contribution is 5.91. The SMILES string of the molecule is O=C(NCc1cccnc1)Nc1cccc(-c2nc(N3CCOCC3)c3[nH]ccc3n2)c1. The van der Waals surface area contributed by atoms with Crippen LogP contribution in [0.4, 0.5) is 16.3 Å². The first-order chi connectivity index (χ1) is 15.8. The Balaban J connectivity index is 1.36.